The van der Waals surface area contributed by atoms with E-state index in [9.17, 15) is 51.9 Å². The number of morpholine rings is 2. The normalized spacial score (nSPS) is 14.9. The van der Waals surface area contributed by atoms with Gasteiger partial charge in [0.25, 0.3) is 0 Å². The van der Waals surface area contributed by atoms with Gasteiger partial charge in [-0.3, -0.25) is 0 Å². The summed E-state index contributed by atoms with van der Waals surface area (Å²) in [5, 5.41) is 11.5. The molecule has 4 aromatic carbocycles. The molecular weight excluding hydrogens is 1000 g/mol. The van der Waals surface area contributed by atoms with E-state index in [-0.39, 0.29) is 58.2 Å². The van der Waals surface area contributed by atoms with Gasteiger partial charge in [-0.2, -0.15) is 29.9 Å². The zero-order chi connectivity index (χ0) is 49.8. The average molecular weight is 1040 g/mol. The van der Waals surface area contributed by atoms with E-state index in [2.05, 4.69) is 51.2 Å². The monoisotopic (exact) mass is 1040 g/mol. The van der Waals surface area contributed by atoms with Gasteiger partial charge in [-0.15, -0.1) is 0 Å². The van der Waals surface area contributed by atoms with E-state index in [1.54, 1.807) is 9.80 Å². The largest absolute Gasteiger partial charge is 0.744 e. The van der Waals surface area contributed by atoms with Gasteiger partial charge in [0, 0.05) is 48.9 Å². The van der Waals surface area contributed by atoms with Gasteiger partial charge in [0.05, 0.1) is 46.0 Å². The smallest absolute Gasteiger partial charge is 0.233 e. The van der Waals surface area contributed by atoms with Crippen molar-refractivity contribution in [1.29, 1.82) is 0 Å². The molecule has 2 aliphatic rings. The number of benzene rings is 4. The Balaban J connectivity index is 1.06. The van der Waals surface area contributed by atoms with Crippen LogP contribution in [-0.2, 0) is 49.9 Å². The molecule has 26 nitrogen and oxygen atoms in total. The van der Waals surface area contributed by atoms with Gasteiger partial charge in [0.15, 0.2) is 0 Å². The fourth-order valence-corrected chi connectivity index (χ4v) is 9.13. The number of rotatable bonds is 16. The van der Waals surface area contributed by atoms with Crippen molar-refractivity contribution in [3.05, 3.63) is 96.1 Å². The molecule has 2 aliphatic heterocycles. The minimum atomic E-state index is -5.22. The fourth-order valence-electron chi connectivity index (χ4n) is 6.80. The Bertz CT molecular complexity index is 3190. The molecule has 0 spiro atoms. The quantitative estimate of drug-likeness (QED) is 0.0799. The van der Waals surface area contributed by atoms with Crippen molar-refractivity contribution >= 4 is 111 Å². The second kappa shape index (κ2) is 20.2. The third-order valence-corrected chi connectivity index (χ3v) is 13.6. The highest BCUT2D eigenvalue weighted by Gasteiger charge is 2.20. The van der Waals surface area contributed by atoms with Crippen LogP contribution in [0, 0.1) is 0 Å². The maximum atomic E-state index is 12.7. The molecule has 70 heavy (non-hydrogen) atoms. The molecule has 0 amide bonds. The van der Waals surface area contributed by atoms with Gasteiger partial charge in [-0.25, -0.2) is 33.7 Å². The van der Waals surface area contributed by atoms with Crippen molar-refractivity contribution in [3.63, 3.8) is 0 Å². The summed E-state index contributed by atoms with van der Waals surface area (Å²) >= 11 is 0. The summed E-state index contributed by atoms with van der Waals surface area (Å²) in [5.41, 5.74) is 0.306. The lowest BCUT2D eigenvalue weighted by molar-refractivity contribution is 0.122. The number of ether oxygens (including phenoxy) is 2. The Morgan fingerprint density at radius 3 is 1.01 bits per heavy atom. The van der Waals surface area contributed by atoms with Crippen LogP contribution in [0.4, 0.5) is 58.4 Å². The summed E-state index contributed by atoms with van der Waals surface area (Å²) in [6, 6.07) is 17.0. The third kappa shape index (κ3) is 12.6. The molecule has 2 saturated heterocycles. The molecule has 2 aromatic heterocycles. The standard InChI is InChI=1S/C40H40N12O14S4/c53-67(54,55)31-11-7-27(8-12-31)41-35-45-37(49-39(47-35)51-15-19-65-20-16-51)43-29-5-3-25(33(23-29)69(59,60)61)1-2-26-4-6-30(24-34(26)70(62,63)64)44-38-46-36(48-40(50-38)52-17-21-66-22-18-52)42-28-9-13-32(14-10-28)68(56,57)58/h1-14,23-24H,15-22H2,(H,53,54,55)(H,56,57,58)(H,59,60,61)(H,62,63,64)(H2,41,43,45,47,49)(H2,42,44,46,48,50)/p-4/b2-1+. The lowest BCUT2D eigenvalue weighted by Gasteiger charge is -2.27. The molecule has 30 heteroatoms. The molecule has 2 fully saturated rings. The fraction of sp³-hybridized carbons (Fsp3) is 0.200. The van der Waals surface area contributed by atoms with E-state index in [1.165, 1.54) is 48.5 Å². The third-order valence-electron chi connectivity index (χ3n) is 10.2. The van der Waals surface area contributed by atoms with Gasteiger partial charge < -0.3 is 58.8 Å². The van der Waals surface area contributed by atoms with Crippen LogP contribution in [0.5, 0.6) is 0 Å². The predicted molar refractivity (Wildman–Crippen MR) is 245 cm³/mol. The zero-order valence-corrected chi connectivity index (χ0v) is 39.1. The molecular formula is C40H36N12O14S4-4. The van der Waals surface area contributed by atoms with E-state index >= 15 is 0 Å². The Hall–Kier alpha value is -7.00. The van der Waals surface area contributed by atoms with Gasteiger partial charge >= 0.3 is 0 Å². The lowest BCUT2D eigenvalue weighted by Crippen LogP contribution is -2.37. The van der Waals surface area contributed by atoms with Gasteiger partial charge in [-0.05, 0) is 83.9 Å². The van der Waals surface area contributed by atoms with Crippen LogP contribution in [0.25, 0.3) is 12.2 Å². The molecule has 0 unspecified atom stereocenters. The average Bonchev–Trinajstić information content (AvgIpc) is 3.31. The molecule has 0 aliphatic carbocycles. The van der Waals surface area contributed by atoms with Crippen molar-refractivity contribution in [2.75, 3.05) is 83.7 Å². The van der Waals surface area contributed by atoms with Crippen LogP contribution >= 0.6 is 0 Å². The SMILES string of the molecule is O=S(=O)([O-])c1ccc(Nc2nc(Nc3ccc(/C=C/c4ccc(Nc5nc(Nc6ccc(S(=O)(=O)[O-])cc6)nc(N6CCOCC6)n5)cc4S(=O)(=O)[O-])c(S(=O)(=O)[O-])c3)nc(N3CCOCC3)n2)cc1. The number of nitrogens with one attached hydrogen (secondary N) is 4. The van der Waals surface area contributed by atoms with E-state index in [0.29, 0.717) is 64.0 Å². The first-order valence-electron chi connectivity index (χ1n) is 20.4. The molecule has 0 atom stereocenters. The summed E-state index contributed by atoms with van der Waals surface area (Å²) in [7, 11) is -19.9. The van der Waals surface area contributed by atoms with E-state index in [4.69, 9.17) is 9.47 Å². The van der Waals surface area contributed by atoms with Crippen LogP contribution in [0.2, 0.25) is 0 Å². The van der Waals surface area contributed by atoms with E-state index < -0.39 is 60.1 Å². The first-order chi connectivity index (χ1) is 33.1. The Morgan fingerprint density at radius 2 is 0.714 bits per heavy atom. The summed E-state index contributed by atoms with van der Waals surface area (Å²) in [4.78, 5) is 27.7. The highest BCUT2D eigenvalue weighted by Crippen LogP contribution is 2.30. The van der Waals surface area contributed by atoms with Crippen LogP contribution in [0.1, 0.15) is 11.1 Å². The van der Waals surface area contributed by atoms with Crippen LogP contribution in [-0.4, -0.2) is 134 Å². The Labute approximate surface area is 399 Å². The van der Waals surface area contributed by atoms with Crippen molar-refractivity contribution in [2.45, 2.75) is 19.6 Å². The molecule has 6 aromatic rings. The maximum Gasteiger partial charge on any atom is 0.233 e. The molecule has 8 rings (SSSR count). The van der Waals surface area contributed by atoms with E-state index in [0.717, 1.165) is 48.6 Å². The van der Waals surface area contributed by atoms with Gasteiger partial charge in [-0.1, -0.05) is 24.3 Å². The van der Waals surface area contributed by atoms with Crippen molar-refractivity contribution in [2.24, 2.45) is 0 Å². The number of anilines is 10. The van der Waals surface area contributed by atoms with Crippen LogP contribution in [0.3, 0.4) is 0 Å². The Kier molecular flexibility index (Phi) is 14.2. The Morgan fingerprint density at radius 1 is 0.414 bits per heavy atom. The van der Waals surface area contributed by atoms with Crippen molar-refractivity contribution in [1.82, 2.24) is 29.9 Å². The summed E-state index contributed by atoms with van der Waals surface area (Å²) < 4.78 is 155. The molecule has 0 radical (unpaired) electrons. The first kappa shape index (κ1) is 49.4. The predicted octanol–water partition coefficient (Wildman–Crippen LogP) is 2.49. The minimum Gasteiger partial charge on any atom is -0.744 e. The first-order valence-corrected chi connectivity index (χ1v) is 26.0. The summed E-state index contributed by atoms with van der Waals surface area (Å²) in [5.74, 6) is 0.0737. The topological polar surface area (TPSA) is 379 Å². The minimum absolute atomic E-state index is 0.0287. The van der Waals surface area contributed by atoms with Gasteiger partial charge in [0.1, 0.15) is 40.5 Å². The number of aromatic nitrogens is 6. The maximum absolute atomic E-state index is 12.7. The highest BCUT2D eigenvalue weighted by molar-refractivity contribution is 7.86. The van der Waals surface area contributed by atoms with E-state index in [1.807, 2.05) is 0 Å². The van der Waals surface area contributed by atoms with Crippen LogP contribution < -0.4 is 31.1 Å². The molecule has 368 valence electrons. The second-order valence-electron chi connectivity index (χ2n) is 15.0. The summed E-state index contributed by atoms with van der Waals surface area (Å²) in [6.45, 7) is 3.09. The van der Waals surface area contributed by atoms with Crippen molar-refractivity contribution < 1.29 is 61.4 Å². The lowest BCUT2D eigenvalue weighted by atomic mass is 10.1. The molecule has 4 N–H and O–H groups in total. The van der Waals surface area contributed by atoms with Crippen molar-refractivity contribution in [3.8, 4) is 0 Å². The van der Waals surface area contributed by atoms with Gasteiger partial charge in [0.2, 0.25) is 35.7 Å². The second-order valence-corrected chi connectivity index (χ2v) is 20.4. The van der Waals surface area contributed by atoms with Crippen LogP contribution in [0.15, 0.2) is 105 Å². The number of hydrogen-bond acceptors (Lipinski definition) is 26. The number of hydrogen-bond donors (Lipinski definition) is 4. The molecule has 0 bridgehead atoms. The number of nitrogens with zero attached hydrogens (tertiary/aromatic N) is 8. The molecule has 4 heterocycles. The highest BCUT2D eigenvalue weighted by atomic mass is 32.2. The molecule has 0 saturated carbocycles. The zero-order valence-electron chi connectivity index (χ0n) is 35.8. The summed E-state index contributed by atoms with van der Waals surface area (Å²) in [6.07, 6.45) is 2.27.